The largest absolute Gasteiger partial charge is 0.465 e. The van der Waals surface area contributed by atoms with Crippen LogP contribution in [-0.4, -0.2) is 22.8 Å². The van der Waals surface area contributed by atoms with E-state index >= 15 is 0 Å². The topological polar surface area (TPSA) is 39.2 Å². The van der Waals surface area contributed by atoms with E-state index in [1.165, 1.54) is 11.8 Å². The molecule has 1 rings (SSSR count). The lowest BCUT2D eigenvalue weighted by atomic mass is 10.5. The van der Waals surface area contributed by atoms with Gasteiger partial charge in [0.05, 0.1) is 6.61 Å². The van der Waals surface area contributed by atoms with Gasteiger partial charge in [0.2, 0.25) is 0 Å². The van der Waals surface area contributed by atoms with Crippen LogP contribution in [0.1, 0.15) is 19.5 Å². The summed E-state index contributed by atoms with van der Waals surface area (Å²) in [7, 11) is 0. The average Bonchev–Trinajstić information content (AvgIpc) is 2.51. The molecule has 1 aromatic rings. The van der Waals surface area contributed by atoms with Gasteiger partial charge >= 0.3 is 5.97 Å². The third-order valence-electron chi connectivity index (χ3n) is 1.49. The van der Waals surface area contributed by atoms with Gasteiger partial charge in [0.25, 0.3) is 0 Å². The molecule has 78 valence electrons. The molecule has 0 spiro atoms. The summed E-state index contributed by atoms with van der Waals surface area (Å²) in [6.07, 6.45) is 0. The number of rotatable bonds is 4. The van der Waals surface area contributed by atoms with Crippen LogP contribution in [0, 0.1) is 6.92 Å². The Bertz CT molecular complexity index is 312. The van der Waals surface area contributed by atoms with E-state index in [0.717, 1.165) is 10.0 Å². The molecule has 0 saturated carbocycles. The number of hydrogen-bond donors (Lipinski definition) is 0. The van der Waals surface area contributed by atoms with Gasteiger partial charge in [-0.15, -0.1) is 11.3 Å². The van der Waals surface area contributed by atoms with Crippen molar-refractivity contribution in [1.82, 2.24) is 4.98 Å². The SMILES string of the molecule is CCOC(=O)C(C)Sc1nc(C)cs1. The van der Waals surface area contributed by atoms with E-state index in [-0.39, 0.29) is 11.2 Å². The summed E-state index contributed by atoms with van der Waals surface area (Å²) < 4.78 is 5.82. The second-order valence-corrected chi connectivity index (χ2v) is 5.21. The number of carbonyl (C=O) groups excluding carboxylic acids is 1. The normalized spacial score (nSPS) is 12.5. The van der Waals surface area contributed by atoms with Crippen LogP contribution in [0.4, 0.5) is 0 Å². The number of ether oxygens (including phenoxy) is 1. The lowest BCUT2D eigenvalue weighted by Gasteiger charge is -2.07. The number of esters is 1. The van der Waals surface area contributed by atoms with Gasteiger partial charge in [-0.2, -0.15) is 0 Å². The summed E-state index contributed by atoms with van der Waals surface area (Å²) in [5, 5.41) is 1.79. The molecule has 0 N–H and O–H groups in total. The molecule has 0 aliphatic carbocycles. The molecule has 1 heterocycles. The Morgan fingerprint density at radius 1 is 1.79 bits per heavy atom. The fraction of sp³-hybridized carbons (Fsp3) is 0.556. The quantitative estimate of drug-likeness (QED) is 0.589. The molecular weight excluding hydrogens is 218 g/mol. The van der Waals surface area contributed by atoms with E-state index in [2.05, 4.69) is 4.98 Å². The number of nitrogens with zero attached hydrogens (tertiary/aromatic N) is 1. The van der Waals surface area contributed by atoms with Gasteiger partial charge in [-0.25, -0.2) is 4.98 Å². The molecule has 0 radical (unpaired) electrons. The van der Waals surface area contributed by atoms with Crippen molar-refractivity contribution >= 4 is 29.1 Å². The number of hydrogen-bond acceptors (Lipinski definition) is 5. The number of aromatic nitrogens is 1. The second kappa shape index (κ2) is 5.36. The number of aryl methyl sites for hydroxylation is 1. The van der Waals surface area contributed by atoms with Crippen LogP contribution in [-0.2, 0) is 9.53 Å². The fourth-order valence-corrected chi connectivity index (χ4v) is 2.83. The van der Waals surface area contributed by atoms with Crippen molar-refractivity contribution in [1.29, 1.82) is 0 Å². The summed E-state index contributed by atoms with van der Waals surface area (Å²) >= 11 is 3.00. The van der Waals surface area contributed by atoms with Crippen LogP contribution in [0.15, 0.2) is 9.72 Å². The molecule has 1 aromatic heterocycles. The lowest BCUT2D eigenvalue weighted by Crippen LogP contribution is -2.16. The molecule has 0 aliphatic heterocycles. The van der Waals surface area contributed by atoms with Gasteiger partial charge in [0.1, 0.15) is 5.25 Å². The zero-order valence-corrected chi connectivity index (χ0v) is 10.1. The van der Waals surface area contributed by atoms with Gasteiger partial charge in [-0.05, 0) is 20.8 Å². The van der Waals surface area contributed by atoms with Gasteiger partial charge in [0, 0.05) is 11.1 Å². The van der Waals surface area contributed by atoms with Crippen molar-refractivity contribution in [3.05, 3.63) is 11.1 Å². The minimum atomic E-state index is -0.180. The highest BCUT2D eigenvalue weighted by Crippen LogP contribution is 2.26. The minimum absolute atomic E-state index is 0.176. The maximum Gasteiger partial charge on any atom is 0.319 e. The summed E-state index contributed by atoms with van der Waals surface area (Å²) in [6.45, 7) is 6.01. The van der Waals surface area contributed by atoms with Crippen LogP contribution in [0.5, 0.6) is 0 Å². The van der Waals surface area contributed by atoms with E-state index in [9.17, 15) is 4.79 Å². The van der Waals surface area contributed by atoms with Crippen molar-refractivity contribution in [3.63, 3.8) is 0 Å². The van der Waals surface area contributed by atoms with Crippen LogP contribution in [0.3, 0.4) is 0 Å². The summed E-state index contributed by atoms with van der Waals surface area (Å²) in [5.74, 6) is -0.176. The maximum absolute atomic E-state index is 11.3. The van der Waals surface area contributed by atoms with E-state index in [1.807, 2.05) is 26.2 Å². The fourth-order valence-electron chi connectivity index (χ4n) is 0.845. The molecule has 0 saturated heterocycles. The first-order chi connectivity index (χ1) is 6.63. The van der Waals surface area contributed by atoms with Crippen LogP contribution in [0.2, 0.25) is 0 Å². The van der Waals surface area contributed by atoms with Crippen molar-refractivity contribution in [2.45, 2.75) is 30.4 Å². The van der Waals surface area contributed by atoms with Crippen molar-refractivity contribution in [3.8, 4) is 0 Å². The Balaban J connectivity index is 2.48. The van der Waals surface area contributed by atoms with E-state index in [1.54, 1.807) is 11.3 Å². The van der Waals surface area contributed by atoms with E-state index in [0.29, 0.717) is 6.61 Å². The highest BCUT2D eigenvalue weighted by atomic mass is 32.2. The van der Waals surface area contributed by atoms with Gasteiger partial charge < -0.3 is 4.74 Å². The van der Waals surface area contributed by atoms with Crippen molar-refractivity contribution in [2.75, 3.05) is 6.61 Å². The minimum Gasteiger partial charge on any atom is -0.465 e. The van der Waals surface area contributed by atoms with Crippen molar-refractivity contribution < 1.29 is 9.53 Å². The molecule has 0 fully saturated rings. The van der Waals surface area contributed by atoms with Gasteiger partial charge in [-0.3, -0.25) is 4.79 Å². The Labute approximate surface area is 91.9 Å². The Kier molecular flexibility index (Phi) is 4.41. The third kappa shape index (κ3) is 3.31. The predicted molar refractivity (Wildman–Crippen MR) is 58.8 cm³/mol. The third-order valence-corrected chi connectivity index (χ3v) is 3.66. The first kappa shape index (κ1) is 11.5. The van der Waals surface area contributed by atoms with Crippen LogP contribution < -0.4 is 0 Å². The van der Waals surface area contributed by atoms with Crippen molar-refractivity contribution in [2.24, 2.45) is 0 Å². The van der Waals surface area contributed by atoms with Gasteiger partial charge in [0.15, 0.2) is 4.34 Å². The lowest BCUT2D eigenvalue weighted by molar-refractivity contribution is -0.142. The summed E-state index contributed by atoms with van der Waals surface area (Å²) in [6, 6.07) is 0. The molecular formula is C9H13NO2S2. The standard InChI is InChI=1S/C9H13NO2S2/c1-4-12-8(11)7(3)14-9-10-6(2)5-13-9/h5,7H,4H2,1-3H3. The van der Waals surface area contributed by atoms with Gasteiger partial charge in [-0.1, -0.05) is 11.8 Å². The summed E-state index contributed by atoms with van der Waals surface area (Å²) in [5.41, 5.74) is 0.994. The summed E-state index contributed by atoms with van der Waals surface area (Å²) in [4.78, 5) is 15.6. The highest BCUT2D eigenvalue weighted by Gasteiger charge is 2.16. The Morgan fingerprint density at radius 3 is 3.00 bits per heavy atom. The van der Waals surface area contributed by atoms with Crippen LogP contribution in [0.25, 0.3) is 0 Å². The molecule has 0 bridgehead atoms. The van der Waals surface area contributed by atoms with E-state index in [4.69, 9.17) is 4.74 Å². The monoisotopic (exact) mass is 231 g/mol. The number of carbonyl (C=O) groups is 1. The molecule has 0 aromatic carbocycles. The average molecular weight is 231 g/mol. The maximum atomic E-state index is 11.3. The highest BCUT2D eigenvalue weighted by molar-refractivity contribution is 8.02. The first-order valence-electron chi connectivity index (χ1n) is 4.39. The zero-order valence-electron chi connectivity index (χ0n) is 8.44. The predicted octanol–water partition coefficient (Wildman–Crippen LogP) is 2.50. The molecule has 5 heteroatoms. The smallest absolute Gasteiger partial charge is 0.319 e. The molecule has 0 amide bonds. The second-order valence-electron chi connectivity index (χ2n) is 2.77. The Hall–Kier alpha value is -0.550. The molecule has 14 heavy (non-hydrogen) atoms. The number of thioether (sulfide) groups is 1. The van der Waals surface area contributed by atoms with E-state index < -0.39 is 0 Å². The molecule has 0 aliphatic rings. The molecule has 1 atom stereocenters. The van der Waals surface area contributed by atoms with Crippen LogP contribution >= 0.6 is 23.1 Å². The molecule has 1 unspecified atom stereocenters. The number of thiazole rings is 1. The first-order valence-corrected chi connectivity index (χ1v) is 6.14. The Morgan fingerprint density at radius 2 is 2.50 bits per heavy atom. The zero-order chi connectivity index (χ0) is 10.6. The molecule has 3 nitrogen and oxygen atoms in total.